The highest BCUT2D eigenvalue weighted by molar-refractivity contribution is 5.85. The number of piperidine rings is 1. The Morgan fingerprint density at radius 3 is 2.79 bits per heavy atom. The van der Waals surface area contributed by atoms with Gasteiger partial charge < -0.3 is 15.0 Å². The third-order valence-electron chi connectivity index (χ3n) is 4.66. The number of hydrogen-bond acceptors (Lipinski definition) is 3. The highest BCUT2D eigenvalue weighted by atomic mass is 35.5. The van der Waals surface area contributed by atoms with Gasteiger partial charge in [0.2, 0.25) is 5.91 Å². The molecule has 1 saturated carbocycles. The molecule has 4 nitrogen and oxygen atoms in total. The number of ether oxygens (including phenoxy) is 1. The smallest absolute Gasteiger partial charge is 0.227 e. The van der Waals surface area contributed by atoms with Crippen LogP contribution in [0.3, 0.4) is 0 Å². The number of morpholine rings is 1. The summed E-state index contributed by atoms with van der Waals surface area (Å²) in [7, 11) is 0. The number of amides is 1. The average Bonchev–Trinajstić information content (AvgIpc) is 2.47. The first-order valence-corrected chi connectivity index (χ1v) is 7.49. The van der Waals surface area contributed by atoms with Crippen molar-refractivity contribution >= 4 is 18.3 Å². The van der Waals surface area contributed by atoms with Crippen molar-refractivity contribution in [3.63, 3.8) is 0 Å². The van der Waals surface area contributed by atoms with E-state index in [4.69, 9.17) is 4.74 Å². The monoisotopic (exact) mass is 288 g/mol. The van der Waals surface area contributed by atoms with Gasteiger partial charge in [0.15, 0.2) is 0 Å². The molecule has 2 unspecified atom stereocenters. The number of hydrogen-bond donors (Lipinski definition) is 1. The van der Waals surface area contributed by atoms with E-state index in [0.717, 1.165) is 51.9 Å². The van der Waals surface area contributed by atoms with Crippen LogP contribution >= 0.6 is 12.4 Å². The van der Waals surface area contributed by atoms with Gasteiger partial charge in [0.1, 0.15) is 0 Å². The molecule has 110 valence electrons. The van der Waals surface area contributed by atoms with Crippen LogP contribution in [0.4, 0.5) is 0 Å². The molecule has 0 aromatic heterocycles. The maximum Gasteiger partial charge on any atom is 0.227 e. The molecule has 1 aliphatic carbocycles. The highest BCUT2D eigenvalue weighted by Gasteiger charge is 2.38. The van der Waals surface area contributed by atoms with E-state index in [0.29, 0.717) is 18.1 Å². The number of carbonyl (C=O) groups is 1. The quantitative estimate of drug-likeness (QED) is 0.796. The average molecular weight is 289 g/mol. The van der Waals surface area contributed by atoms with Crippen LogP contribution in [0.15, 0.2) is 0 Å². The summed E-state index contributed by atoms with van der Waals surface area (Å²) in [6.07, 6.45) is 7.28. The van der Waals surface area contributed by atoms with Crippen LogP contribution in [0.2, 0.25) is 0 Å². The predicted molar refractivity (Wildman–Crippen MR) is 76.6 cm³/mol. The third kappa shape index (κ3) is 3.23. The Hall–Kier alpha value is -0.320. The Morgan fingerprint density at radius 1 is 1.16 bits per heavy atom. The van der Waals surface area contributed by atoms with Gasteiger partial charge in [-0.05, 0) is 32.2 Å². The van der Waals surface area contributed by atoms with Gasteiger partial charge in [-0.3, -0.25) is 4.79 Å². The Bertz CT molecular complexity index is 306. The summed E-state index contributed by atoms with van der Waals surface area (Å²) in [4.78, 5) is 14.8. The van der Waals surface area contributed by atoms with E-state index in [9.17, 15) is 4.79 Å². The fraction of sp³-hybridized carbons (Fsp3) is 0.929. The van der Waals surface area contributed by atoms with Crippen molar-refractivity contribution < 1.29 is 9.53 Å². The summed E-state index contributed by atoms with van der Waals surface area (Å²) < 4.78 is 5.84. The summed E-state index contributed by atoms with van der Waals surface area (Å²) in [6, 6.07) is 0.363. The maximum absolute atomic E-state index is 12.6. The molecule has 2 saturated heterocycles. The van der Waals surface area contributed by atoms with E-state index in [2.05, 4.69) is 10.2 Å². The molecule has 0 spiro atoms. The fourth-order valence-corrected chi connectivity index (χ4v) is 3.67. The van der Waals surface area contributed by atoms with Crippen LogP contribution in [0, 0.1) is 5.92 Å². The number of rotatable bonds is 1. The number of nitrogens with zero attached hydrogens (tertiary/aromatic N) is 1. The van der Waals surface area contributed by atoms with Gasteiger partial charge in [0.05, 0.1) is 24.7 Å². The minimum atomic E-state index is 0. The van der Waals surface area contributed by atoms with E-state index >= 15 is 0 Å². The van der Waals surface area contributed by atoms with Crippen LogP contribution in [-0.2, 0) is 9.53 Å². The van der Waals surface area contributed by atoms with Crippen molar-refractivity contribution in [3.05, 3.63) is 0 Å². The fourth-order valence-electron chi connectivity index (χ4n) is 3.67. The molecule has 2 heterocycles. The SMILES string of the molecule is Cl.O=C([C@@H]1CCCNC1)N1CCOC2CCCCC21. The molecule has 3 fully saturated rings. The minimum Gasteiger partial charge on any atom is -0.374 e. The normalized spacial score (nSPS) is 35.2. The minimum absolute atomic E-state index is 0. The summed E-state index contributed by atoms with van der Waals surface area (Å²) in [6.45, 7) is 3.47. The Kier molecular flexibility index (Phi) is 5.48. The first-order chi connectivity index (χ1) is 8.86. The van der Waals surface area contributed by atoms with Crippen molar-refractivity contribution in [2.24, 2.45) is 5.92 Å². The zero-order valence-electron chi connectivity index (χ0n) is 11.5. The molecule has 5 heteroatoms. The molecular weight excluding hydrogens is 264 g/mol. The van der Waals surface area contributed by atoms with Crippen molar-refractivity contribution in [1.82, 2.24) is 10.2 Å². The Labute approximate surface area is 121 Å². The highest BCUT2D eigenvalue weighted by Crippen LogP contribution is 2.30. The number of fused-ring (bicyclic) bond motifs is 1. The molecule has 1 amide bonds. The number of halogens is 1. The van der Waals surface area contributed by atoms with E-state index in [1.54, 1.807) is 0 Å². The molecule has 0 radical (unpaired) electrons. The maximum atomic E-state index is 12.6. The van der Waals surface area contributed by atoms with Crippen molar-refractivity contribution in [2.75, 3.05) is 26.2 Å². The van der Waals surface area contributed by atoms with Crippen molar-refractivity contribution in [2.45, 2.75) is 50.7 Å². The van der Waals surface area contributed by atoms with Gasteiger partial charge in [0, 0.05) is 13.1 Å². The van der Waals surface area contributed by atoms with Crippen LogP contribution in [0.25, 0.3) is 0 Å². The van der Waals surface area contributed by atoms with Gasteiger partial charge >= 0.3 is 0 Å². The lowest BCUT2D eigenvalue weighted by atomic mass is 9.88. The molecular formula is C14H25ClN2O2. The molecule has 0 aromatic rings. The standard InChI is InChI=1S/C14H24N2O2.ClH/c17-14(11-4-3-7-15-10-11)16-8-9-18-13-6-2-1-5-12(13)16;/h11-13,15H,1-10H2;1H/t11-,12?,13?;/m1./s1. The lowest BCUT2D eigenvalue weighted by Gasteiger charge is -2.45. The number of carbonyl (C=O) groups excluding carboxylic acids is 1. The zero-order chi connectivity index (χ0) is 12.4. The first kappa shape index (κ1) is 15.1. The summed E-state index contributed by atoms with van der Waals surface area (Å²) in [5.74, 6) is 0.585. The van der Waals surface area contributed by atoms with E-state index in [1.807, 2.05) is 0 Å². The Balaban J connectivity index is 0.00000133. The van der Waals surface area contributed by atoms with E-state index in [-0.39, 0.29) is 18.3 Å². The molecule has 3 rings (SSSR count). The molecule has 0 bridgehead atoms. The van der Waals surface area contributed by atoms with Crippen LogP contribution in [-0.4, -0.2) is 49.2 Å². The van der Waals surface area contributed by atoms with Crippen molar-refractivity contribution in [1.29, 1.82) is 0 Å². The lowest BCUT2D eigenvalue weighted by molar-refractivity contribution is -0.154. The summed E-state index contributed by atoms with van der Waals surface area (Å²) in [5, 5.41) is 3.35. The molecule has 3 aliphatic rings. The van der Waals surface area contributed by atoms with E-state index in [1.165, 1.54) is 12.8 Å². The van der Waals surface area contributed by atoms with Gasteiger partial charge in [-0.1, -0.05) is 12.8 Å². The summed E-state index contributed by atoms with van der Waals surface area (Å²) >= 11 is 0. The second-order valence-electron chi connectivity index (χ2n) is 5.84. The topological polar surface area (TPSA) is 41.6 Å². The molecule has 1 N–H and O–H groups in total. The van der Waals surface area contributed by atoms with Crippen LogP contribution in [0.5, 0.6) is 0 Å². The second kappa shape index (κ2) is 6.91. The van der Waals surface area contributed by atoms with Crippen molar-refractivity contribution in [3.8, 4) is 0 Å². The Morgan fingerprint density at radius 2 is 2.00 bits per heavy atom. The molecule has 19 heavy (non-hydrogen) atoms. The van der Waals surface area contributed by atoms with Gasteiger partial charge in [0.25, 0.3) is 0 Å². The molecule has 3 atom stereocenters. The van der Waals surface area contributed by atoms with Crippen LogP contribution < -0.4 is 5.32 Å². The van der Waals surface area contributed by atoms with Crippen LogP contribution in [0.1, 0.15) is 38.5 Å². The number of nitrogens with one attached hydrogen (secondary N) is 1. The predicted octanol–water partition coefficient (Wildman–Crippen LogP) is 1.58. The lowest BCUT2D eigenvalue weighted by Crippen LogP contribution is -2.57. The van der Waals surface area contributed by atoms with Gasteiger partial charge in [-0.25, -0.2) is 0 Å². The zero-order valence-corrected chi connectivity index (χ0v) is 12.3. The van der Waals surface area contributed by atoms with Gasteiger partial charge in [-0.15, -0.1) is 12.4 Å². The molecule has 2 aliphatic heterocycles. The first-order valence-electron chi connectivity index (χ1n) is 7.49. The van der Waals surface area contributed by atoms with E-state index < -0.39 is 0 Å². The summed E-state index contributed by atoms with van der Waals surface area (Å²) in [5.41, 5.74) is 0. The third-order valence-corrected chi connectivity index (χ3v) is 4.66. The molecule has 0 aromatic carbocycles. The largest absolute Gasteiger partial charge is 0.374 e. The second-order valence-corrected chi connectivity index (χ2v) is 5.84. The van der Waals surface area contributed by atoms with Gasteiger partial charge in [-0.2, -0.15) is 0 Å².